The van der Waals surface area contributed by atoms with Crippen molar-refractivity contribution in [1.82, 2.24) is 9.67 Å². The highest BCUT2D eigenvalue weighted by molar-refractivity contribution is 5.79. The molecule has 0 amide bonds. The second kappa shape index (κ2) is 7.71. The Balaban J connectivity index is 1.93. The minimum Gasteiger partial charge on any atom is -0.249 e. The van der Waals surface area contributed by atoms with Crippen molar-refractivity contribution in [2.45, 2.75) is 53.4 Å². The highest BCUT2D eigenvalue weighted by atomic mass is 15.4. The lowest BCUT2D eigenvalue weighted by atomic mass is 9.86. The second-order valence-corrected chi connectivity index (χ2v) is 8.91. The molecule has 0 aliphatic rings. The van der Waals surface area contributed by atoms with Gasteiger partial charge in [-0.1, -0.05) is 62.7 Å². The van der Waals surface area contributed by atoms with Gasteiger partial charge < -0.3 is 0 Å². The number of aryl methyl sites for hydroxylation is 2. The van der Waals surface area contributed by atoms with E-state index in [1.54, 1.807) is 0 Å². The molecule has 2 heterocycles. The molecule has 0 spiro atoms. The minimum atomic E-state index is 0.453. The Morgan fingerprint density at radius 2 is 1.50 bits per heavy atom. The number of hydrogen-bond donors (Lipinski definition) is 0. The first kappa shape index (κ1) is 20.3. The number of hydrogen-bond acceptors (Lipinski definition) is 1. The molecule has 3 nitrogen and oxygen atoms in total. The second-order valence-electron chi connectivity index (χ2n) is 8.91. The molecule has 30 heavy (non-hydrogen) atoms. The van der Waals surface area contributed by atoms with Gasteiger partial charge in [-0.05, 0) is 48.9 Å². The maximum absolute atomic E-state index is 5.00. The summed E-state index contributed by atoms with van der Waals surface area (Å²) >= 11 is 0. The summed E-state index contributed by atoms with van der Waals surface area (Å²) in [5.74, 6) is 0.906. The zero-order chi connectivity index (χ0) is 21.6. The van der Waals surface area contributed by atoms with Crippen LogP contribution in [0.5, 0.6) is 0 Å². The summed E-state index contributed by atoms with van der Waals surface area (Å²) in [5.41, 5.74) is 9.92. The van der Waals surface area contributed by atoms with E-state index in [0.717, 1.165) is 11.4 Å². The molecule has 4 aromatic rings. The van der Waals surface area contributed by atoms with Gasteiger partial charge in [-0.25, -0.2) is 4.98 Å². The normalized spacial score (nSPS) is 11.8. The average molecular weight is 399 g/mol. The third-order valence-corrected chi connectivity index (χ3v) is 6.25. The molecule has 0 saturated carbocycles. The number of nitrogens with zero attached hydrogens (tertiary/aromatic N) is 3. The number of aromatic nitrogens is 3. The summed E-state index contributed by atoms with van der Waals surface area (Å²) < 4.78 is 4.49. The molecular weight excluding hydrogens is 366 g/mol. The van der Waals surface area contributed by atoms with Gasteiger partial charge in [-0.15, -0.1) is 0 Å². The maximum atomic E-state index is 5.00. The number of fused-ring (bicyclic) bond motifs is 1. The molecule has 0 radical (unpaired) electrons. The summed E-state index contributed by atoms with van der Waals surface area (Å²) in [7, 11) is 2.12. The maximum Gasteiger partial charge on any atom is 0.257 e. The SMILES string of the molecule is Cc1cc(-c2c(C(C)C)cccc2C(C)C)ncc1-[n+]1c2ccccc2c(C)n1C. The minimum absolute atomic E-state index is 0.453. The van der Waals surface area contributed by atoms with Crippen molar-refractivity contribution in [1.29, 1.82) is 0 Å². The van der Waals surface area contributed by atoms with Crippen LogP contribution in [0.2, 0.25) is 0 Å². The highest BCUT2D eigenvalue weighted by Crippen LogP contribution is 2.35. The van der Waals surface area contributed by atoms with Crippen molar-refractivity contribution >= 4 is 10.9 Å². The molecule has 0 aliphatic carbocycles. The first-order valence-corrected chi connectivity index (χ1v) is 10.9. The third-order valence-electron chi connectivity index (χ3n) is 6.25. The molecule has 0 bridgehead atoms. The van der Waals surface area contributed by atoms with Crippen LogP contribution in [0.15, 0.2) is 54.7 Å². The van der Waals surface area contributed by atoms with Crippen molar-refractivity contribution in [3.63, 3.8) is 0 Å². The van der Waals surface area contributed by atoms with Crippen molar-refractivity contribution in [2.75, 3.05) is 0 Å². The molecule has 0 fully saturated rings. The molecule has 2 aromatic heterocycles. The fourth-order valence-corrected chi connectivity index (χ4v) is 4.50. The molecular formula is C27H32N3+. The third kappa shape index (κ3) is 3.23. The van der Waals surface area contributed by atoms with Crippen LogP contribution in [0.25, 0.3) is 27.8 Å². The van der Waals surface area contributed by atoms with Gasteiger partial charge >= 0.3 is 0 Å². The summed E-state index contributed by atoms with van der Waals surface area (Å²) in [6.45, 7) is 13.4. The van der Waals surface area contributed by atoms with Crippen molar-refractivity contribution < 1.29 is 4.68 Å². The highest BCUT2D eigenvalue weighted by Gasteiger charge is 2.25. The van der Waals surface area contributed by atoms with Crippen LogP contribution in [0.3, 0.4) is 0 Å². The topological polar surface area (TPSA) is 21.7 Å². The molecule has 0 saturated heterocycles. The molecule has 2 aromatic carbocycles. The van der Waals surface area contributed by atoms with Crippen LogP contribution >= 0.6 is 0 Å². The number of rotatable bonds is 4. The summed E-state index contributed by atoms with van der Waals surface area (Å²) in [5, 5.41) is 1.27. The van der Waals surface area contributed by atoms with E-state index in [2.05, 4.69) is 106 Å². The summed E-state index contributed by atoms with van der Waals surface area (Å²) in [4.78, 5) is 5.00. The monoisotopic (exact) mass is 398 g/mol. The number of para-hydroxylation sites is 1. The Morgan fingerprint density at radius 1 is 0.867 bits per heavy atom. The Morgan fingerprint density at radius 3 is 2.10 bits per heavy atom. The van der Waals surface area contributed by atoms with Gasteiger partial charge in [0.15, 0.2) is 0 Å². The van der Waals surface area contributed by atoms with E-state index >= 15 is 0 Å². The lowest BCUT2D eigenvalue weighted by Gasteiger charge is -2.19. The first-order chi connectivity index (χ1) is 14.3. The Hall–Kier alpha value is -2.94. The van der Waals surface area contributed by atoms with E-state index in [1.807, 2.05) is 6.20 Å². The van der Waals surface area contributed by atoms with Crippen LogP contribution in [-0.4, -0.2) is 9.67 Å². The molecule has 4 rings (SSSR count). The van der Waals surface area contributed by atoms with E-state index in [9.17, 15) is 0 Å². The largest absolute Gasteiger partial charge is 0.257 e. The first-order valence-electron chi connectivity index (χ1n) is 10.9. The Labute approximate surface area is 180 Å². The predicted molar refractivity (Wildman–Crippen MR) is 125 cm³/mol. The summed E-state index contributed by atoms with van der Waals surface area (Å²) in [6, 6.07) is 17.5. The Bertz CT molecular complexity index is 1200. The standard InChI is InChI=1S/C27H32N3/c1-17(2)21-12-10-13-22(18(3)4)27(21)24-15-19(5)26(16-28-24)30-25-14-9-8-11-23(25)20(6)29(30)7/h8-18H,1-7H3/q+1. The van der Waals surface area contributed by atoms with Gasteiger partial charge in [0.05, 0.1) is 23.8 Å². The van der Waals surface area contributed by atoms with Crippen molar-refractivity contribution in [3.8, 4) is 16.9 Å². The van der Waals surface area contributed by atoms with Crippen molar-refractivity contribution in [2.24, 2.45) is 7.05 Å². The molecule has 0 N–H and O–H groups in total. The van der Waals surface area contributed by atoms with Gasteiger partial charge in [0.25, 0.3) is 5.69 Å². The fraction of sp³-hybridized carbons (Fsp3) is 0.333. The quantitative estimate of drug-likeness (QED) is 0.366. The zero-order valence-corrected chi connectivity index (χ0v) is 19.2. The van der Waals surface area contributed by atoms with Gasteiger partial charge in [0, 0.05) is 17.2 Å². The summed E-state index contributed by atoms with van der Waals surface area (Å²) in [6.07, 6.45) is 2.04. The van der Waals surface area contributed by atoms with E-state index in [4.69, 9.17) is 4.98 Å². The molecule has 0 atom stereocenters. The van der Waals surface area contributed by atoms with Gasteiger partial charge in [-0.2, -0.15) is 4.68 Å². The lowest BCUT2D eigenvalue weighted by Crippen LogP contribution is -2.40. The molecule has 0 aliphatic heterocycles. The zero-order valence-electron chi connectivity index (χ0n) is 19.2. The number of benzene rings is 2. The van der Waals surface area contributed by atoms with E-state index in [-0.39, 0.29) is 0 Å². The lowest BCUT2D eigenvalue weighted by molar-refractivity contribution is -0.659. The van der Waals surface area contributed by atoms with Crippen LogP contribution in [-0.2, 0) is 7.05 Å². The van der Waals surface area contributed by atoms with Gasteiger partial charge in [-0.3, -0.25) is 0 Å². The average Bonchev–Trinajstić information content (AvgIpc) is 2.98. The van der Waals surface area contributed by atoms with E-state index < -0.39 is 0 Å². The van der Waals surface area contributed by atoms with Gasteiger partial charge in [0.1, 0.15) is 6.20 Å². The number of pyridine rings is 1. The smallest absolute Gasteiger partial charge is 0.249 e. The predicted octanol–water partition coefficient (Wildman–Crippen LogP) is 6.38. The molecule has 0 unspecified atom stereocenters. The van der Waals surface area contributed by atoms with Crippen LogP contribution < -0.4 is 4.68 Å². The van der Waals surface area contributed by atoms with Crippen LogP contribution in [0.4, 0.5) is 0 Å². The molecule has 3 heteroatoms. The van der Waals surface area contributed by atoms with Gasteiger partial charge in [0.2, 0.25) is 5.52 Å². The van der Waals surface area contributed by atoms with E-state index in [0.29, 0.717) is 11.8 Å². The van der Waals surface area contributed by atoms with Crippen LogP contribution in [0, 0.1) is 13.8 Å². The van der Waals surface area contributed by atoms with Crippen LogP contribution in [0.1, 0.15) is 61.9 Å². The Kier molecular flexibility index (Phi) is 5.23. The van der Waals surface area contributed by atoms with Crippen molar-refractivity contribution in [3.05, 3.63) is 77.1 Å². The molecule has 154 valence electrons. The fourth-order valence-electron chi connectivity index (χ4n) is 4.50. The van der Waals surface area contributed by atoms with E-state index in [1.165, 1.54) is 38.9 Å².